The van der Waals surface area contributed by atoms with Crippen molar-refractivity contribution in [1.29, 1.82) is 0 Å². The van der Waals surface area contributed by atoms with Gasteiger partial charge in [-0.2, -0.15) is 0 Å². The van der Waals surface area contributed by atoms with Crippen molar-refractivity contribution in [3.05, 3.63) is 18.5 Å². The van der Waals surface area contributed by atoms with E-state index >= 15 is 0 Å². The molecule has 3 aliphatic heterocycles. The number of anilines is 1. The first-order chi connectivity index (χ1) is 11.8. The van der Waals surface area contributed by atoms with Crippen LogP contribution in [0, 0.1) is 5.41 Å². The standard InChI is InChI=1S/C17H25N5O2/c23-16(21-10-12-24-13-11-21)20-7-2-17(3-8-20)4-9-22(14-17)15-18-5-1-6-19-15/h1,5-6H,2-4,7-14H2. The number of hydrogen-bond donors (Lipinski definition) is 0. The van der Waals surface area contributed by atoms with Gasteiger partial charge >= 0.3 is 6.03 Å². The minimum atomic E-state index is 0.189. The van der Waals surface area contributed by atoms with E-state index in [0.29, 0.717) is 18.6 Å². The van der Waals surface area contributed by atoms with Crippen LogP contribution in [-0.2, 0) is 4.74 Å². The monoisotopic (exact) mass is 331 g/mol. The van der Waals surface area contributed by atoms with E-state index in [4.69, 9.17) is 4.74 Å². The molecule has 7 heteroatoms. The molecule has 130 valence electrons. The van der Waals surface area contributed by atoms with Gasteiger partial charge in [-0.05, 0) is 30.7 Å². The fraction of sp³-hybridized carbons (Fsp3) is 0.706. The molecule has 1 aromatic heterocycles. The Morgan fingerprint density at radius 3 is 2.29 bits per heavy atom. The van der Waals surface area contributed by atoms with Gasteiger partial charge in [0.2, 0.25) is 5.95 Å². The van der Waals surface area contributed by atoms with Crippen LogP contribution in [0.3, 0.4) is 0 Å². The lowest BCUT2D eigenvalue weighted by Gasteiger charge is -2.41. The van der Waals surface area contributed by atoms with Crippen molar-refractivity contribution in [3.8, 4) is 0 Å². The van der Waals surface area contributed by atoms with Crippen LogP contribution in [0.2, 0.25) is 0 Å². The van der Waals surface area contributed by atoms with Crippen LogP contribution in [0.5, 0.6) is 0 Å². The van der Waals surface area contributed by atoms with Crippen LogP contribution in [0.25, 0.3) is 0 Å². The highest BCUT2D eigenvalue weighted by Crippen LogP contribution is 2.41. The summed E-state index contributed by atoms with van der Waals surface area (Å²) in [6.07, 6.45) is 6.93. The summed E-state index contributed by atoms with van der Waals surface area (Å²) >= 11 is 0. The Bertz CT molecular complexity index is 568. The molecule has 0 aliphatic carbocycles. The van der Waals surface area contributed by atoms with Gasteiger partial charge in [0, 0.05) is 51.7 Å². The summed E-state index contributed by atoms with van der Waals surface area (Å²) in [5.74, 6) is 0.834. The summed E-state index contributed by atoms with van der Waals surface area (Å²) in [5, 5.41) is 0. The van der Waals surface area contributed by atoms with E-state index < -0.39 is 0 Å². The molecule has 3 saturated heterocycles. The molecule has 0 atom stereocenters. The summed E-state index contributed by atoms with van der Waals surface area (Å²) in [6, 6.07) is 2.04. The maximum atomic E-state index is 12.6. The van der Waals surface area contributed by atoms with Crippen molar-refractivity contribution in [1.82, 2.24) is 19.8 Å². The lowest BCUT2D eigenvalue weighted by atomic mass is 9.78. The number of ether oxygens (including phenoxy) is 1. The van der Waals surface area contributed by atoms with Crippen LogP contribution in [0.4, 0.5) is 10.7 Å². The van der Waals surface area contributed by atoms with E-state index in [1.165, 1.54) is 6.42 Å². The van der Waals surface area contributed by atoms with Crippen LogP contribution >= 0.6 is 0 Å². The summed E-state index contributed by atoms with van der Waals surface area (Å²) in [4.78, 5) is 27.6. The Morgan fingerprint density at radius 1 is 0.958 bits per heavy atom. The van der Waals surface area contributed by atoms with Crippen molar-refractivity contribution in [2.45, 2.75) is 19.3 Å². The summed E-state index contributed by atoms with van der Waals surface area (Å²) < 4.78 is 5.34. The minimum Gasteiger partial charge on any atom is -0.378 e. The average Bonchev–Trinajstić information content (AvgIpc) is 3.07. The molecule has 3 aliphatic rings. The SMILES string of the molecule is O=C(N1CCOCC1)N1CCC2(CC1)CCN(c1ncccn1)C2. The first-order valence-corrected chi connectivity index (χ1v) is 8.89. The maximum Gasteiger partial charge on any atom is 0.320 e. The van der Waals surface area contributed by atoms with E-state index in [0.717, 1.165) is 58.1 Å². The Labute approximate surface area is 142 Å². The van der Waals surface area contributed by atoms with Gasteiger partial charge < -0.3 is 19.4 Å². The molecule has 1 aromatic rings. The molecule has 3 fully saturated rings. The number of carbonyl (C=O) groups excluding carboxylic acids is 1. The number of piperidine rings is 1. The summed E-state index contributed by atoms with van der Waals surface area (Å²) in [7, 11) is 0. The summed E-state index contributed by atoms with van der Waals surface area (Å²) in [6.45, 7) is 6.52. The second-order valence-electron chi connectivity index (χ2n) is 7.09. The van der Waals surface area contributed by atoms with Crippen molar-refractivity contribution < 1.29 is 9.53 Å². The van der Waals surface area contributed by atoms with Gasteiger partial charge in [-0.15, -0.1) is 0 Å². The third-order valence-corrected chi connectivity index (χ3v) is 5.65. The predicted molar refractivity (Wildman–Crippen MR) is 89.9 cm³/mol. The quantitative estimate of drug-likeness (QED) is 0.774. The molecule has 0 N–H and O–H groups in total. The molecule has 24 heavy (non-hydrogen) atoms. The van der Waals surface area contributed by atoms with Crippen LogP contribution < -0.4 is 4.90 Å². The fourth-order valence-corrected chi connectivity index (χ4v) is 4.10. The Balaban J connectivity index is 1.33. The zero-order chi connectivity index (χ0) is 16.4. The number of hydrogen-bond acceptors (Lipinski definition) is 5. The molecule has 0 radical (unpaired) electrons. The molecule has 0 unspecified atom stereocenters. The number of urea groups is 1. The highest BCUT2D eigenvalue weighted by atomic mass is 16.5. The zero-order valence-corrected chi connectivity index (χ0v) is 14.1. The molecule has 4 rings (SSSR count). The molecule has 7 nitrogen and oxygen atoms in total. The first kappa shape index (κ1) is 15.6. The minimum absolute atomic E-state index is 0.189. The molecular weight excluding hydrogens is 306 g/mol. The van der Waals surface area contributed by atoms with Gasteiger partial charge in [-0.1, -0.05) is 0 Å². The highest BCUT2D eigenvalue weighted by molar-refractivity contribution is 5.74. The van der Waals surface area contributed by atoms with Crippen LogP contribution in [0.1, 0.15) is 19.3 Å². The lowest BCUT2D eigenvalue weighted by Crippen LogP contribution is -2.52. The van der Waals surface area contributed by atoms with Gasteiger partial charge in [0.25, 0.3) is 0 Å². The Morgan fingerprint density at radius 2 is 1.58 bits per heavy atom. The normalized spacial score (nSPS) is 23.8. The molecular formula is C17H25N5O2. The Hall–Kier alpha value is -1.89. The molecule has 0 saturated carbocycles. The van der Waals surface area contributed by atoms with Crippen molar-refractivity contribution in [2.75, 3.05) is 57.4 Å². The largest absolute Gasteiger partial charge is 0.378 e. The Kier molecular flexibility index (Phi) is 4.26. The second kappa shape index (κ2) is 6.55. The van der Waals surface area contributed by atoms with Crippen LogP contribution in [-0.4, -0.2) is 78.3 Å². The average molecular weight is 331 g/mol. The first-order valence-electron chi connectivity index (χ1n) is 8.89. The molecule has 0 aromatic carbocycles. The van der Waals surface area contributed by atoms with Gasteiger partial charge in [0.1, 0.15) is 0 Å². The van der Waals surface area contributed by atoms with Crippen molar-refractivity contribution in [3.63, 3.8) is 0 Å². The van der Waals surface area contributed by atoms with Gasteiger partial charge in [-0.3, -0.25) is 0 Å². The second-order valence-corrected chi connectivity index (χ2v) is 7.09. The van der Waals surface area contributed by atoms with E-state index in [9.17, 15) is 4.79 Å². The van der Waals surface area contributed by atoms with Gasteiger partial charge in [-0.25, -0.2) is 14.8 Å². The third-order valence-electron chi connectivity index (χ3n) is 5.65. The number of amides is 2. The number of nitrogens with zero attached hydrogens (tertiary/aromatic N) is 5. The maximum absolute atomic E-state index is 12.6. The van der Waals surface area contributed by atoms with Gasteiger partial charge in [0.15, 0.2) is 0 Å². The molecule has 2 amide bonds. The number of morpholine rings is 1. The fourth-order valence-electron chi connectivity index (χ4n) is 4.10. The molecule has 0 bridgehead atoms. The van der Waals surface area contributed by atoms with Crippen molar-refractivity contribution in [2.24, 2.45) is 5.41 Å². The number of likely N-dealkylation sites (tertiary alicyclic amines) is 1. The van der Waals surface area contributed by atoms with E-state index in [2.05, 4.69) is 14.9 Å². The number of carbonyl (C=O) groups is 1. The number of rotatable bonds is 1. The topological polar surface area (TPSA) is 61.8 Å². The van der Waals surface area contributed by atoms with E-state index in [1.807, 2.05) is 15.9 Å². The summed E-state index contributed by atoms with van der Waals surface area (Å²) in [5.41, 5.74) is 0.320. The smallest absolute Gasteiger partial charge is 0.320 e. The number of aromatic nitrogens is 2. The van der Waals surface area contributed by atoms with E-state index in [1.54, 1.807) is 12.4 Å². The predicted octanol–water partition coefficient (Wildman–Crippen LogP) is 1.22. The molecule has 1 spiro atoms. The molecule has 4 heterocycles. The van der Waals surface area contributed by atoms with E-state index in [-0.39, 0.29) is 6.03 Å². The zero-order valence-electron chi connectivity index (χ0n) is 14.1. The van der Waals surface area contributed by atoms with Crippen LogP contribution in [0.15, 0.2) is 18.5 Å². The van der Waals surface area contributed by atoms with Gasteiger partial charge in [0.05, 0.1) is 13.2 Å². The van der Waals surface area contributed by atoms with Crippen molar-refractivity contribution >= 4 is 12.0 Å². The third kappa shape index (κ3) is 3.05. The lowest BCUT2D eigenvalue weighted by molar-refractivity contribution is 0.0362. The highest BCUT2D eigenvalue weighted by Gasteiger charge is 2.42.